The third-order valence-electron chi connectivity index (χ3n) is 8.91. The van der Waals surface area contributed by atoms with E-state index in [2.05, 4.69) is 21.2 Å². The average molecular weight is 636 g/mol. The molecule has 4 aromatic carbocycles. The van der Waals surface area contributed by atoms with Crippen LogP contribution in [0.4, 0.5) is 5.69 Å². The zero-order valence-corrected chi connectivity index (χ0v) is 25.0. The summed E-state index contributed by atoms with van der Waals surface area (Å²) < 4.78 is 11.5. The maximum atomic E-state index is 14.9. The van der Waals surface area contributed by atoms with Crippen LogP contribution in [-0.2, 0) is 10.2 Å². The molecule has 7 rings (SSSR count). The van der Waals surface area contributed by atoms with E-state index in [1.165, 1.54) is 7.11 Å². The summed E-state index contributed by atoms with van der Waals surface area (Å²) in [6.07, 6.45) is 3.81. The Hall–Kier alpha value is -4.69. The van der Waals surface area contributed by atoms with Gasteiger partial charge in [-0.1, -0.05) is 54.6 Å². The number of para-hydroxylation sites is 1. The number of fused-ring (bicyclic) bond motifs is 6. The van der Waals surface area contributed by atoms with Gasteiger partial charge in [0.25, 0.3) is 0 Å². The number of ketones is 2. The van der Waals surface area contributed by atoms with Gasteiger partial charge in [0.1, 0.15) is 23.0 Å². The van der Waals surface area contributed by atoms with Gasteiger partial charge in [-0.05, 0) is 75.1 Å². The third kappa shape index (κ3) is 3.89. The number of anilines is 1. The monoisotopic (exact) mass is 634 g/mol. The number of benzene rings is 4. The molecular formula is C35H27BrN2O5. The molecule has 0 radical (unpaired) electrons. The van der Waals surface area contributed by atoms with E-state index in [-0.39, 0.29) is 17.5 Å². The van der Waals surface area contributed by atoms with E-state index in [1.807, 2.05) is 65.7 Å². The summed E-state index contributed by atoms with van der Waals surface area (Å²) in [5, 5.41) is 3.07. The van der Waals surface area contributed by atoms with E-state index in [0.717, 1.165) is 11.1 Å². The van der Waals surface area contributed by atoms with E-state index in [1.54, 1.807) is 49.6 Å². The van der Waals surface area contributed by atoms with Crippen LogP contribution in [0, 0.1) is 5.92 Å². The number of carbonyl (C=O) groups is 3. The highest BCUT2D eigenvalue weighted by atomic mass is 79.9. The van der Waals surface area contributed by atoms with Crippen molar-refractivity contribution in [2.75, 3.05) is 19.5 Å². The molecule has 7 nitrogen and oxygen atoms in total. The molecule has 0 bridgehead atoms. The molecule has 0 aromatic heterocycles. The normalized spacial score (nSPS) is 22.9. The molecule has 3 heterocycles. The van der Waals surface area contributed by atoms with Crippen molar-refractivity contribution in [1.29, 1.82) is 0 Å². The summed E-state index contributed by atoms with van der Waals surface area (Å²) in [5.41, 5.74) is 2.53. The first-order valence-electron chi connectivity index (χ1n) is 13.9. The minimum Gasteiger partial charge on any atom is -0.497 e. The van der Waals surface area contributed by atoms with Crippen molar-refractivity contribution >= 4 is 45.2 Å². The molecule has 3 aliphatic heterocycles. The molecule has 214 valence electrons. The van der Waals surface area contributed by atoms with Crippen LogP contribution >= 0.6 is 15.9 Å². The van der Waals surface area contributed by atoms with Gasteiger partial charge in [0.15, 0.2) is 11.6 Å². The van der Waals surface area contributed by atoms with Gasteiger partial charge < -0.3 is 19.7 Å². The summed E-state index contributed by atoms with van der Waals surface area (Å²) >= 11 is 3.51. The highest BCUT2D eigenvalue weighted by Crippen LogP contribution is 2.62. The molecule has 0 saturated carbocycles. The molecule has 1 saturated heterocycles. The van der Waals surface area contributed by atoms with E-state index in [9.17, 15) is 14.4 Å². The second-order valence-electron chi connectivity index (χ2n) is 10.9. The van der Waals surface area contributed by atoms with Crippen molar-refractivity contribution in [3.8, 4) is 11.5 Å². The Morgan fingerprint density at radius 3 is 2.42 bits per heavy atom. The van der Waals surface area contributed by atoms with Gasteiger partial charge in [-0.15, -0.1) is 0 Å². The van der Waals surface area contributed by atoms with Crippen LogP contribution in [0.1, 0.15) is 43.4 Å². The molecule has 4 aromatic rings. The number of ether oxygens (including phenoxy) is 2. The summed E-state index contributed by atoms with van der Waals surface area (Å²) in [4.78, 5) is 46.2. The smallest absolute Gasteiger partial charge is 0.238 e. The van der Waals surface area contributed by atoms with Crippen LogP contribution < -0.4 is 14.8 Å². The number of Topliss-reactive ketones (excluding diaryl/α,β-unsaturated/α-hetero) is 2. The van der Waals surface area contributed by atoms with Crippen LogP contribution in [-0.4, -0.2) is 42.6 Å². The topological polar surface area (TPSA) is 84.9 Å². The molecule has 1 spiro atoms. The number of nitrogens with one attached hydrogen (secondary N) is 1. The highest BCUT2D eigenvalue weighted by Gasteiger charge is 2.70. The lowest BCUT2D eigenvalue weighted by molar-refractivity contribution is -0.122. The Labute approximate surface area is 257 Å². The fourth-order valence-corrected chi connectivity index (χ4v) is 7.65. The lowest BCUT2D eigenvalue weighted by atomic mass is 9.62. The van der Waals surface area contributed by atoms with Gasteiger partial charge in [0, 0.05) is 23.0 Å². The molecule has 8 heteroatoms. The van der Waals surface area contributed by atoms with Crippen LogP contribution in [0.15, 0.2) is 102 Å². The van der Waals surface area contributed by atoms with E-state index in [0.29, 0.717) is 38.3 Å². The number of rotatable bonds is 6. The first-order valence-corrected chi connectivity index (χ1v) is 14.7. The first kappa shape index (κ1) is 27.2. The number of amides is 1. The van der Waals surface area contributed by atoms with E-state index < -0.39 is 23.4 Å². The van der Waals surface area contributed by atoms with Crippen molar-refractivity contribution in [2.24, 2.45) is 5.92 Å². The number of carbonyl (C=O) groups excluding carboxylic acids is 3. The highest BCUT2D eigenvalue weighted by molar-refractivity contribution is 9.10. The van der Waals surface area contributed by atoms with Gasteiger partial charge in [0.05, 0.1) is 30.7 Å². The molecular weight excluding hydrogens is 608 g/mol. The van der Waals surface area contributed by atoms with Crippen molar-refractivity contribution in [3.05, 3.63) is 129 Å². The Balaban J connectivity index is 1.52. The quantitative estimate of drug-likeness (QED) is 0.246. The molecule has 1 fully saturated rings. The van der Waals surface area contributed by atoms with Crippen LogP contribution in [0.5, 0.6) is 11.5 Å². The van der Waals surface area contributed by atoms with Gasteiger partial charge in [-0.3, -0.25) is 14.4 Å². The predicted molar refractivity (Wildman–Crippen MR) is 166 cm³/mol. The van der Waals surface area contributed by atoms with Crippen LogP contribution in [0.25, 0.3) is 6.08 Å². The lowest BCUT2D eigenvalue weighted by Gasteiger charge is -2.38. The maximum absolute atomic E-state index is 14.9. The first-order chi connectivity index (χ1) is 20.9. The average Bonchev–Trinajstić information content (AvgIpc) is 3.52. The zero-order valence-electron chi connectivity index (χ0n) is 23.4. The number of hydrogen-bond acceptors (Lipinski definition) is 6. The van der Waals surface area contributed by atoms with Gasteiger partial charge in [-0.25, -0.2) is 0 Å². The fraction of sp³-hybridized carbons (Fsp3) is 0.171. The molecule has 3 aliphatic rings. The number of hydrogen-bond donors (Lipinski definition) is 1. The van der Waals surface area contributed by atoms with Crippen molar-refractivity contribution < 1.29 is 23.9 Å². The van der Waals surface area contributed by atoms with Gasteiger partial charge in [-0.2, -0.15) is 0 Å². The summed E-state index contributed by atoms with van der Waals surface area (Å²) in [6, 6.07) is 25.7. The number of halogens is 1. The van der Waals surface area contributed by atoms with E-state index in [4.69, 9.17) is 9.47 Å². The Bertz CT molecular complexity index is 1850. The molecule has 1 amide bonds. The molecule has 0 unspecified atom stereocenters. The summed E-state index contributed by atoms with van der Waals surface area (Å²) in [5.74, 6) is -0.861. The van der Waals surface area contributed by atoms with E-state index >= 15 is 0 Å². The number of methoxy groups -OCH3 is 2. The Morgan fingerprint density at radius 1 is 0.860 bits per heavy atom. The van der Waals surface area contributed by atoms with Gasteiger partial charge >= 0.3 is 0 Å². The Morgan fingerprint density at radius 2 is 1.63 bits per heavy atom. The zero-order chi connectivity index (χ0) is 29.9. The molecule has 1 N–H and O–H groups in total. The summed E-state index contributed by atoms with van der Waals surface area (Å²) in [6.45, 7) is 0. The molecule has 0 aliphatic carbocycles. The van der Waals surface area contributed by atoms with Crippen molar-refractivity contribution in [1.82, 2.24) is 4.90 Å². The maximum Gasteiger partial charge on any atom is 0.238 e. The molecule has 43 heavy (non-hydrogen) atoms. The van der Waals surface area contributed by atoms with Crippen LogP contribution in [0.3, 0.4) is 0 Å². The second kappa shape index (κ2) is 10.2. The summed E-state index contributed by atoms with van der Waals surface area (Å²) in [7, 11) is 3.10. The predicted octanol–water partition coefficient (Wildman–Crippen LogP) is 6.45. The van der Waals surface area contributed by atoms with Crippen LogP contribution in [0.2, 0.25) is 0 Å². The second-order valence-corrected chi connectivity index (χ2v) is 11.7. The van der Waals surface area contributed by atoms with Crippen molar-refractivity contribution in [3.63, 3.8) is 0 Å². The minimum absolute atomic E-state index is 0.271. The number of nitrogens with zero attached hydrogens (tertiary/aromatic N) is 1. The largest absolute Gasteiger partial charge is 0.497 e. The Kier molecular flexibility index (Phi) is 6.47. The van der Waals surface area contributed by atoms with Gasteiger partial charge in [0.2, 0.25) is 5.91 Å². The fourth-order valence-electron chi connectivity index (χ4n) is 7.11. The molecule has 4 atom stereocenters. The standard InChI is InChI=1S/C35H27BrN2O5/c1-42-23-10-7-9-21(18-23)31(39)29-30(32(40)22-14-15-28(43-2)26(36)19-22)38-17-16-20-8-3-4-11-24(20)33(38)35(29)25-12-5-6-13-27(25)37-34(35)41/h3-19,29-30,33H,1-2H3,(H,37,41)/t29-,30+,33+,35-/m0/s1. The third-order valence-corrected chi connectivity index (χ3v) is 9.53. The minimum atomic E-state index is -1.40. The van der Waals surface area contributed by atoms with Crippen molar-refractivity contribution in [2.45, 2.75) is 17.5 Å². The lowest BCUT2D eigenvalue weighted by Crippen LogP contribution is -2.49. The SMILES string of the molecule is COc1cccc(C(=O)[C@@H]2[C@H](C(=O)c3ccc(OC)c(Br)c3)N3C=Cc4ccccc4[C@@H]3[C@@]23C(=O)Nc2ccccc23)c1.